The smallest absolute Gasteiger partial charge is 0.258 e. The fraction of sp³-hybridized carbons (Fsp3) is 0. The van der Waals surface area contributed by atoms with E-state index in [2.05, 4.69) is 12.6 Å². The van der Waals surface area contributed by atoms with Crippen LogP contribution >= 0.6 is 24.0 Å². The Morgan fingerprint density at radius 3 is 2.53 bits per heavy atom. The Balaban J connectivity index is 2.59. The number of hydrogen-bond donors (Lipinski definition) is 1. The van der Waals surface area contributed by atoms with Gasteiger partial charge in [0.2, 0.25) is 0 Å². The molecule has 0 atom stereocenters. The van der Waals surface area contributed by atoms with E-state index in [9.17, 15) is 10.1 Å². The highest BCUT2D eigenvalue weighted by molar-refractivity contribution is 7.83. The standard InChI is InChI=1S/C10H7NO2S2/c12-11(13)9-8(6-15-10(9)14)7-4-2-1-3-5-7/h1-6,14H. The summed E-state index contributed by atoms with van der Waals surface area (Å²) in [5, 5.41) is 12.6. The summed E-state index contributed by atoms with van der Waals surface area (Å²) in [6, 6.07) is 9.29. The van der Waals surface area contributed by atoms with E-state index in [0.29, 0.717) is 9.77 Å². The molecule has 2 rings (SSSR count). The molecule has 15 heavy (non-hydrogen) atoms. The highest BCUT2D eigenvalue weighted by Crippen LogP contribution is 2.39. The largest absolute Gasteiger partial charge is 0.301 e. The van der Waals surface area contributed by atoms with E-state index in [1.165, 1.54) is 11.3 Å². The number of nitrogens with zero attached hydrogens (tertiary/aromatic N) is 1. The summed E-state index contributed by atoms with van der Waals surface area (Å²) in [5.41, 5.74) is 1.57. The molecule has 76 valence electrons. The number of hydrogen-bond acceptors (Lipinski definition) is 4. The molecular weight excluding hydrogens is 230 g/mol. The van der Waals surface area contributed by atoms with Crippen molar-refractivity contribution in [1.82, 2.24) is 0 Å². The molecule has 3 nitrogen and oxygen atoms in total. The van der Waals surface area contributed by atoms with Gasteiger partial charge < -0.3 is 0 Å². The van der Waals surface area contributed by atoms with Gasteiger partial charge in [0.25, 0.3) is 0 Å². The van der Waals surface area contributed by atoms with E-state index in [4.69, 9.17) is 0 Å². The van der Waals surface area contributed by atoms with Gasteiger partial charge in [-0.3, -0.25) is 10.1 Å². The molecule has 1 aromatic heterocycles. The highest BCUT2D eigenvalue weighted by atomic mass is 32.2. The average molecular weight is 237 g/mol. The van der Waals surface area contributed by atoms with Crippen LogP contribution in [0.5, 0.6) is 0 Å². The van der Waals surface area contributed by atoms with E-state index in [1.807, 2.05) is 30.3 Å². The molecule has 0 N–H and O–H groups in total. The van der Waals surface area contributed by atoms with Crippen molar-refractivity contribution >= 4 is 29.7 Å². The van der Waals surface area contributed by atoms with Crippen LogP contribution < -0.4 is 0 Å². The van der Waals surface area contributed by atoms with Crippen LogP contribution in [-0.2, 0) is 0 Å². The maximum Gasteiger partial charge on any atom is 0.301 e. The van der Waals surface area contributed by atoms with E-state index in [1.54, 1.807) is 5.38 Å². The Morgan fingerprint density at radius 2 is 1.93 bits per heavy atom. The lowest BCUT2D eigenvalue weighted by molar-refractivity contribution is -0.386. The van der Waals surface area contributed by atoms with Crippen molar-refractivity contribution in [3.8, 4) is 11.1 Å². The quantitative estimate of drug-likeness (QED) is 0.492. The molecule has 0 aliphatic rings. The van der Waals surface area contributed by atoms with Crippen molar-refractivity contribution < 1.29 is 4.92 Å². The van der Waals surface area contributed by atoms with Crippen molar-refractivity contribution in [3.63, 3.8) is 0 Å². The molecule has 0 saturated carbocycles. The van der Waals surface area contributed by atoms with E-state index in [-0.39, 0.29) is 10.6 Å². The van der Waals surface area contributed by atoms with Crippen LogP contribution in [0.2, 0.25) is 0 Å². The van der Waals surface area contributed by atoms with Crippen LogP contribution in [0.3, 0.4) is 0 Å². The van der Waals surface area contributed by atoms with Gasteiger partial charge in [-0.05, 0) is 5.56 Å². The Bertz CT molecular complexity index is 493. The van der Waals surface area contributed by atoms with Gasteiger partial charge in [-0.15, -0.1) is 24.0 Å². The molecule has 2 aromatic rings. The lowest BCUT2D eigenvalue weighted by Gasteiger charge is -1.97. The number of nitro groups is 1. The van der Waals surface area contributed by atoms with Gasteiger partial charge in [-0.2, -0.15) is 0 Å². The zero-order valence-corrected chi connectivity index (χ0v) is 9.29. The number of thiol groups is 1. The molecule has 0 amide bonds. The van der Waals surface area contributed by atoms with Crippen LogP contribution in [0.25, 0.3) is 11.1 Å². The van der Waals surface area contributed by atoms with Crippen molar-refractivity contribution in [2.45, 2.75) is 4.21 Å². The maximum atomic E-state index is 10.8. The summed E-state index contributed by atoms with van der Waals surface area (Å²) >= 11 is 5.36. The van der Waals surface area contributed by atoms with Gasteiger partial charge in [0.15, 0.2) is 0 Å². The Kier molecular flexibility index (Phi) is 2.75. The van der Waals surface area contributed by atoms with Gasteiger partial charge in [-0.1, -0.05) is 30.3 Å². The fourth-order valence-electron chi connectivity index (χ4n) is 1.34. The molecule has 0 radical (unpaired) electrons. The molecule has 0 unspecified atom stereocenters. The van der Waals surface area contributed by atoms with Crippen LogP contribution in [0, 0.1) is 10.1 Å². The normalized spacial score (nSPS) is 10.2. The lowest BCUT2D eigenvalue weighted by atomic mass is 10.1. The second-order valence-electron chi connectivity index (χ2n) is 2.93. The molecule has 0 aliphatic heterocycles. The Labute approximate surface area is 95.9 Å². The molecule has 1 aromatic carbocycles. The summed E-state index contributed by atoms with van der Waals surface area (Å²) in [6.45, 7) is 0. The molecule has 1 heterocycles. The minimum absolute atomic E-state index is 0.0922. The summed E-state index contributed by atoms with van der Waals surface area (Å²) in [4.78, 5) is 10.5. The van der Waals surface area contributed by atoms with Crippen LogP contribution in [0.4, 0.5) is 5.69 Å². The third kappa shape index (κ3) is 1.88. The number of benzene rings is 1. The van der Waals surface area contributed by atoms with Crippen LogP contribution in [-0.4, -0.2) is 4.92 Å². The van der Waals surface area contributed by atoms with Gasteiger partial charge >= 0.3 is 5.69 Å². The number of thiophene rings is 1. The van der Waals surface area contributed by atoms with Gasteiger partial charge in [0, 0.05) is 5.38 Å². The molecule has 0 saturated heterocycles. The summed E-state index contributed by atoms with van der Waals surface area (Å²) < 4.78 is 0.443. The van der Waals surface area contributed by atoms with Gasteiger partial charge in [0.1, 0.15) is 4.21 Å². The molecule has 0 fully saturated rings. The molecule has 0 spiro atoms. The molecule has 0 bridgehead atoms. The third-order valence-electron chi connectivity index (χ3n) is 2.01. The van der Waals surface area contributed by atoms with Gasteiger partial charge in [-0.25, -0.2) is 0 Å². The van der Waals surface area contributed by atoms with Crippen molar-refractivity contribution in [2.24, 2.45) is 0 Å². The molecular formula is C10H7NO2S2. The topological polar surface area (TPSA) is 43.1 Å². The van der Waals surface area contributed by atoms with Crippen molar-refractivity contribution in [3.05, 3.63) is 45.8 Å². The minimum atomic E-state index is -0.388. The summed E-state index contributed by atoms with van der Waals surface area (Å²) in [6.07, 6.45) is 0. The maximum absolute atomic E-state index is 10.8. The van der Waals surface area contributed by atoms with Crippen molar-refractivity contribution in [2.75, 3.05) is 0 Å². The summed E-state index contributed by atoms with van der Waals surface area (Å²) in [7, 11) is 0. The first-order chi connectivity index (χ1) is 7.20. The average Bonchev–Trinajstić information content (AvgIpc) is 2.61. The van der Waals surface area contributed by atoms with E-state index < -0.39 is 0 Å². The highest BCUT2D eigenvalue weighted by Gasteiger charge is 2.21. The van der Waals surface area contributed by atoms with E-state index in [0.717, 1.165) is 5.56 Å². The lowest BCUT2D eigenvalue weighted by Crippen LogP contribution is -1.88. The molecule has 5 heteroatoms. The summed E-state index contributed by atoms with van der Waals surface area (Å²) in [5.74, 6) is 0. The zero-order chi connectivity index (χ0) is 10.8. The van der Waals surface area contributed by atoms with Gasteiger partial charge in [0.05, 0.1) is 10.5 Å². The van der Waals surface area contributed by atoms with Crippen molar-refractivity contribution in [1.29, 1.82) is 0 Å². The van der Waals surface area contributed by atoms with E-state index >= 15 is 0 Å². The predicted molar refractivity (Wildman–Crippen MR) is 63.7 cm³/mol. The Morgan fingerprint density at radius 1 is 1.27 bits per heavy atom. The third-order valence-corrected chi connectivity index (χ3v) is 3.31. The minimum Gasteiger partial charge on any atom is -0.258 e. The number of rotatable bonds is 2. The van der Waals surface area contributed by atoms with Crippen LogP contribution in [0.1, 0.15) is 0 Å². The zero-order valence-electron chi connectivity index (χ0n) is 7.58. The predicted octanol–water partition coefficient (Wildman–Crippen LogP) is 3.61. The van der Waals surface area contributed by atoms with Crippen LogP contribution in [0.15, 0.2) is 39.9 Å². The first kappa shape index (κ1) is 10.2. The molecule has 0 aliphatic carbocycles. The fourth-order valence-corrected chi connectivity index (χ4v) is 2.47. The Hall–Kier alpha value is -1.33. The second kappa shape index (κ2) is 4.04. The SMILES string of the molecule is O=[N+]([O-])c1c(-c2ccccc2)csc1S. The second-order valence-corrected chi connectivity index (χ2v) is 4.56. The first-order valence-electron chi connectivity index (χ1n) is 4.20. The first-order valence-corrected chi connectivity index (χ1v) is 5.53. The monoisotopic (exact) mass is 237 g/mol.